The summed E-state index contributed by atoms with van der Waals surface area (Å²) in [6.07, 6.45) is 6.23. The second-order valence-electron chi connectivity index (χ2n) is 8.13. The Hall–Kier alpha value is -3.84. The van der Waals surface area contributed by atoms with Gasteiger partial charge in [0.15, 0.2) is 0 Å². The maximum Gasteiger partial charge on any atom is 0.0815 e. The second kappa shape index (κ2) is 7.14. The van der Waals surface area contributed by atoms with Crippen LogP contribution in [-0.2, 0) is 0 Å². The molecule has 0 saturated carbocycles. The zero-order valence-corrected chi connectivity index (χ0v) is 18.4. The summed E-state index contributed by atoms with van der Waals surface area (Å²) < 4.78 is 0. The molecule has 5 rings (SSSR count). The fourth-order valence-corrected chi connectivity index (χ4v) is 4.07. The van der Waals surface area contributed by atoms with E-state index in [0.29, 0.717) is 0 Å². The molecule has 4 heteroatoms. The number of aromatic amines is 2. The molecule has 3 aromatic rings. The van der Waals surface area contributed by atoms with Crippen LogP contribution in [0.25, 0.3) is 45.9 Å². The number of nitrogens with zero attached hydrogens (tertiary/aromatic N) is 2. The van der Waals surface area contributed by atoms with E-state index in [1.807, 2.05) is 13.0 Å². The van der Waals surface area contributed by atoms with Gasteiger partial charge in [0.1, 0.15) is 0 Å². The number of hydrogen-bond donors (Lipinski definition) is 2. The zero-order chi connectivity index (χ0) is 21.7. The minimum absolute atomic E-state index is 0.870. The molecule has 2 N–H and O–H groups in total. The first kappa shape index (κ1) is 19.1. The minimum Gasteiger partial charge on any atom is -0.355 e. The van der Waals surface area contributed by atoms with Crippen molar-refractivity contribution in [3.8, 4) is 11.8 Å². The van der Waals surface area contributed by atoms with Crippen molar-refractivity contribution in [3.05, 3.63) is 69.3 Å². The monoisotopic (exact) mass is 404 g/mol. The highest BCUT2D eigenvalue weighted by atomic mass is 14.8. The van der Waals surface area contributed by atoms with Crippen LogP contribution >= 0.6 is 0 Å². The molecular formula is C27H24N4. The van der Waals surface area contributed by atoms with Gasteiger partial charge in [0, 0.05) is 22.1 Å². The molecule has 0 atom stereocenters. The number of nitrogens with one attached hydrogen (secondary N) is 2. The van der Waals surface area contributed by atoms with E-state index in [9.17, 15) is 0 Å². The molecule has 31 heavy (non-hydrogen) atoms. The lowest BCUT2D eigenvalue weighted by Crippen LogP contribution is -1.88. The Morgan fingerprint density at radius 3 is 2.29 bits per heavy atom. The Labute approximate surface area is 181 Å². The summed E-state index contributed by atoms with van der Waals surface area (Å²) in [5, 5.41) is 0. The zero-order valence-electron chi connectivity index (χ0n) is 18.4. The highest BCUT2D eigenvalue weighted by molar-refractivity contribution is 5.87. The highest BCUT2D eigenvalue weighted by Gasteiger charge is 2.13. The third-order valence-electron chi connectivity index (χ3n) is 6.01. The average Bonchev–Trinajstić information content (AvgIpc) is 3.53. The van der Waals surface area contributed by atoms with Crippen molar-refractivity contribution in [1.29, 1.82) is 0 Å². The average molecular weight is 405 g/mol. The molecular weight excluding hydrogens is 380 g/mol. The van der Waals surface area contributed by atoms with E-state index < -0.39 is 0 Å². The van der Waals surface area contributed by atoms with Crippen LogP contribution in [0.3, 0.4) is 0 Å². The molecule has 0 saturated heterocycles. The van der Waals surface area contributed by atoms with E-state index in [1.165, 1.54) is 5.56 Å². The molecule has 0 aliphatic carbocycles. The van der Waals surface area contributed by atoms with Gasteiger partial charge in [-0.15, -0.1) is 5.92 Å². The van der Waals surface area contributed by atoms with Crippen molar-refractivity contribution in [3.63, 3.8) is 0 Å². The minimum atomic E-state index is 0.870. The van der Waals surface area contributed by atoms with Gasteiger partial charge in [-0.25, -0.2) is 9.97 Å². The first-order chi connectivity index (χ1) is 14.9. The molecule has 0 amide bonds. The summed E-state index contributed by atoms with van der Waals surface area (Å²) in [7, 11) is 0. The molecule has 4 nitrogen and oxygen atoms in total. The lowest BCUT2D eigenvalue weighted by atomic mass is 10.1. The van der Waals surface area contributed by atoms with Crippen molar-refractivity contribution < 1.29 is 0 Å². The van der Waals surface area contributed by atoms with Crippen LogP contribution in [0, 0.1) is 32.6 Å². The van der Waals surface area contributed by atoms with Crippen LogP contribution in [0.15, 0.2) is 24.3 Å². The molecule has 3 aromatic heterocycles. The van der Waals surface area contributed by atoms with E-state index in [1.54, 1.807) is 0 Å². The Bertz CT molecular complexity index is 1530. The Balaban J connectivity index is 1.99. The first-order valence-corrected chi connectivity index (χ1v) is 10.4. The first-order valence-electron chi connectivity index (χ1n) is 10.4. The van der Waals surface area contributed by atoms with Crippen LogP contribution in [-0.4, -0.2) is 19.9 Å². The number of aromatic nitrogens is 4. The number of H-pyrrole nitrogens is 2. The summed E-state index contributed by atoms with van der Waals surface area (Å²) in [6.45, 7) is 10.3. The molecule has 0 unspecified atom stereocenters. The number of fused-ring (bicyclic) bond motifs is 8. The maximum atomic E-state index is 4.91. The number of rotatable bonds is 0. The van der Waals surface area contributed by atoms with Crippen molar-refractivity contribution in [2.45, 2.75) is 34.6 Å². The lowest BCUT2D eigenvalue weighted by molar-refractivity contribution is 1.21. The van der Waals surface area contributed by atoms with E-state index in [0.717, 1.165) is 67.1 Å². The fraction of sp³-hybridized carbons (Fsp3) is 0.185. The molecule has 2 aliphatic heterocycles. The van der Waals surface area contributed by atoms with Crippen LogP contribution in [0.1, 0.15) is 58.9 Å². The van der Waals surface area contributed by atoms with Gasteiger partial charge in [0.05, 0.1) is 33.9 Å². The van der Waals surface area contributed by atoms with Gasteiger partial charge < -0.3 is 9.97 Å². The molecule has 0 radical (unpaired) electrons. The van der Waals surface area contributed by atoms with Crippen LogP contribution in [0.2, 0.25) is 0 Å². The normalized spacial score (nSPS) is 12.5. The summed E-state index contributed by atoms with van der Waals surface area (Å²) in [6, 6.07) is 8.52. The Kier molecular flexibility index (Phi) is 4.41. The fourth-order valence-electron chi connectivity index (χ4n) is 4.07. The summed E-state index contributed by atoms with van der Waals surface area (Å²) in [4.78, 5) is 16.9. The van der Waals surface area contributed by atoms with Gasteiger partial charge in [0.2, 0.25) is 0 Å². The van der Waals surface area contributed by atoms with E-state index in [4.69, 9.17) is 9.97 Å². The molecule has 0 aromatic carbocycles. The Morgan fingerprint density at radius 1 is 0.742 bits per heavy atom. The van der Waals surface area contributed by atoms with Gasteiger partial charge in [-0.1, -0.05) is 5.92 Å². The number of allylic oxidation sites excluding steroid dienone is 1. The van der Waals surface area contributed by atoms with Crippen molar-refractivity contribution >= 4 is 45.9 Å². The molecule has 0 fully saturated rings. The number of hydrogen-bond acceptors (Lipinski definition) is 2. The molecule has 2 aliphatic rings. The predicted molar refractivity (Wildman–Crippen MR) is 130 cm³/mol. The third-order valence-corrected chi connectivity index (χ3v) is 6.01. The van der Waals surface area contributed by atoms with E-state index in [2.05, 4.69) is 85.9 Å². The molecule has 5 heterocycles. The van der Waals surface area contributed by atoms with Crippen LogP contribution < -0.4 is 0 Å². The quantitative estimate of drug-likeness (QED) is 0.336. The molecule has 8 bridgehead atoms. The van der Waals surface area contributed by atoms with E-state index >= 15 is 0 Å². The maximum absolute atomic E-state index is 4.91. The largest absolute Gasteiger partial charge is 0.355 e. The van der Waals surface area contributed by atoms with Crippen LogP contribution in [0.5, 0.6) is 0 Å². The van der Waals surface area contributed by atoms with Gasteiger partial charge in [-0.3, -0.25) is 0 Å². The SMILES string of the molecule is CC#Cc1c2nc(c(C)c3nc(cc4[nH]c(cc4C)c(C)c4ccc1[nH]4)C(C)=C3)C=C2. The molecule has 0 spiro atoms. The number of aryl methyl sites for hydroxylation is 2. The third kappa shape index (κ3) is 3.19. The highest BCUT2D eigenvalue weighted by Crippen LogP contribution is 2.27. The van der Waals surface area contributed by atoms with Crippen molar-refractivity contribution in [2.24, 2.45) is 0 Å². The summed E-state index contributed by atoms with van der Waals surface area (Å²) in [5.74, 6) is 6.30. The van der Waals surface area contributed by atoms with Crippen molar-refractivity contribution in [1.82, 2.24) is 19.9 Å². The van der Waals surface area contributed by atoms with Gasteiger partial charge in [-0.05, 0) is 93.8 Å². The summed E-state index contributed by atoms with van der Waals surface area (Å²) in [5.41, 5.74) is 13.4. The van der Waals surface area contributed by atoms with Gasteiger partial charge in [0.25, 0.3) is 0 Å². The van der Waals surface area contributed by atoms with Gasteiger partial charge >= 0.3 is 0 Å². The van der Waals surface area contributed by atoms with Crippen molar-refractivity contribution in [2.75, 3.05) is 0 Å². The Morgan fingerprint density at radius 2 is 1.48 bits per heavy atom. The smallest absolute Gasteiger partial charge is 0.0815 e. The van der Waals surface area contributed by atoms with E-state index in [-0.39, 0.29) is 0 Å². The summed E-state index contributed by atoms with van der Waals surface area (Å²) >= 11 is 0. The van der Waals surface area contributed by atoms with Crippen LogP contribution in [0.4, 0.5) is 0 Å². The van der Waals surface area contributed by atoms with Gasteiger partial charge in [-0.2, -0.15) is 0 Å². The predicted octanol–water partition coefficient (Wildman–Crippen LogP) is 6.34. The molecule has 152 valence electrons. The standard InChI is InChI=1S/C27H24N4/c1-6-7-19-22-10-8-20(28-22)17(4)26-12-15(2)24(30-26)14-25-16(3)13-27(31-25)18(5)21-9-11-23(19)29-21/h8-14,28,30H,1-5H3. The second-order valence-corrected chi connectivity index (χ2v) is 8.13. The topological polar surface area (TPSA) is 57.4 Å². The lowest BCUT2D eigenvalue weighted by Gasteiger charge is -1.96.